The maximum atomic E-state index is 12.5. The molecule has 1 atom stereocenters. The van der Waals surface area contributed by atoms with Crippen molar-refractivity contribution in [1.29, 1.82) is 0 Å². The fraction of sp³-hybridized carbons (Fsp3) is 0.533. The number of anilines is 1. The zero-order chi connectivity index (χ0) is 14.1. The Morgan fingerprint density at radius 2 is 2.00 bits per heavy atom. The average molecular weight is 294 g/mol. The standard InChI is InChI=1S/C15H20ClN3O/c16-11-3-4-14(17)13(9-11)15(20)19-8-5-12(10-19)18-6-1-2-7-18/h3-4,9,12H,1-2,5-8,10,17H2. The molecule has 0 aliphatic carbocycles. The Morgan fingerprint density at radius 1 is 1.25 bits per heavy atom. The number of benzene rings is 1. The van der Waals surface area contributed by atoms with Crippen LogP contribution in [-0.4, -0.2) is 47.9 Å². The van der Waals surface area contributed by atoms with Crippen molar-refractivity contribution in [2.24, 2.45) is 0 Å². The molecule has 0 spiro atoms. The smallest absolute Gasteiger partial charge is 0.256 e. The van der Waals surface area contributed by atoms with Crippen molar-refractivity contribution < 1.29 is 4.79 Å². The molecule has 0 saturated carbocycles. The predicted molar refractivity (Wildman–Crippen MR) is 81.0 cm³/mol. The number of nitrogen functional groups attached to an aromatic ring is 1. The number of carbonyl (C=O) groups is 1. The maximum absolute atomic E-state index is 12.5. The van der Waals surface area contributed by atoms with E-state index in [0.717, 1.165) is 19.5 Å². The van der Waals surface area contributed by atoms with Gasteiger partial charge in [0.1, 0.15) is 0 Å². The highest BCUT2D eigenvalue weighted by atomic mass is 35.5. The van der Waals surface area contributed by atoms with Crippen LogP contribution >= 0.6 is 11.6 Å². The molecule has 0 bridgehead atoms. The fourth-order valence-electron chi connectivity index (χ4n) is 3.22. The Hall–Kier alpha value is -1.26. The summed E-state index contributed by atoms with van der Waals surface area (Å²) in [7, 11) is 0. The van der Waals surface area contributed by atoms with Gasteiger partial charge in [0.25, 0.3) is 5.91 Å². The molecule has 5 heteroatoms. The quantitative estimate of drug-likeness (QED) is 0.851. The lowest BCUT2D eigenvalue weighted by Crippen LogP contribution is -2.37. The average Bonchev–Trinajstić information content (AvgIpc) is 3.10. The normalized spacial score (nSPS) is 23.4. The number of hydrogen-bond donors (Lipinski definition) is 1. The predicted octanol–water partition coefficient (Wildman–Crippen LogP) is 2.23. The minimum Gasteiger partial charge on any atom is -0.398 e. The zero-order valence-electron chi connectivity index (χ0n) is 11.5. The summed E-state index contributed by atoms with van der Waals surface area (Å²) in [6.07, 6.45) is 3.63. The zero-order valence-corrected chi connectivity index (χ0v) is 12.3. The third kappa shape index (κ3) is 2.63. The molecule has 2 saturated heterocycles. The molecule has 2 N–H and O–H groups in total. The van der Waals surface area contributed by atoms with Crippen LogP contribution in [0.4, 0.5) is 5.69 Å². The lowest BCUT2D eigenvalue weighted by atomic mass is 10.1. The van der Waals surface area contributed by atoms with Gasteiger partial charge in [0.2, 0.25) is 0 Å². The molecule has 3 rings (SSSR count). The third-order valence-electron chi connectivity index (χ3n) is 4.35. The summed E-state index contributed by atoms with van der Waals surface area (Å²) in [5.41, 5.74) is 6.93. The van der Waals surface area contributed by atoms with Crippen molar-refractivity contribution in [2.45, 2.75) is 25.3 Å². The van der Waals surface area contributed by atoms with E-state index in [-0.39, 0.29) is 5.91 Å². The fourth-order valence-corrected chi connectivity index (χ4v) is 3.39. The lowest BCUT2D eigenvalue weighted by Gasteiger charge is -2.23. The van der Waals surface area contributed by atoms with E-state index in [2.05, 4.69) is 4.90 Å². The van der Waals surface area contributed by atoms with Gasteiger partial charge in [0.05, 0.1) is 5.56 Å². The van der Waals surface area contributed by atoms with Gasteiger partial charge in [-0.3, -0.25) is 9.69 Å². The monoisotopic (exact) mass is 293 g/mol. The molecule has 0 radical (unpaired) electrons. The van der Waals surface area contributed by atoms with Crippen LogP contribution in [0.5, 0.6) is 0 Å². The number of amides is 1. The number of hydrogen-bond acceptors (Lipinski definition) is 3. The second kappa shape index (κ2) is 5.62. The third-order valence-corrected chi connectivity index (χ3v) is 4.59. The molecule has 2 aliphatic heterocycles. The van der Waals surface area contributed by atoms with E-state index >= 15 is 0 Å². The number of nitrogens with two attached hydrogens (primary N) is 1. The van der Waals surface area contributed by atoms with E-state index in [1.165, 1.54) is 25.9 Å². The number of rotatable bonds is 2. The molecule has 20 heavy (non-hydrogen) atoms. The van der Waals surface area contributed by atoms with Crippen molar-refractivity contribution in [2.75, 3.05) is 31.9 Å². The maximum Gasteiger partial charge on any atom is 0.256 e. The summed E-state index contributed by atoms with van der Waals surface area (Å²) in [4.78, 5) is 17.0. The Morgan fingerprint density at radius 3 is 2.75 bits per heavy atom. The Kier molecular flexibility index (Phi) is 3.85. The first-order valence-corrected chi connectivity index (χ1v) is 7.61. The molecule has 1 aromatic carbocycles. The molecule has 2 aliphatic rings. The van der Waals surface area contributed by atoms with E-state index < -0.39 is 0 Å². The van der Waals surface area contributed by atoms with E-state index in [0.29, 0.717) is 22.3 Å². The molecule has 108 valence electrons. The van der Waals surface area contributed by atoms with Crippen LogP contribution in [0.15, 0.2) is 18.2 Å². The summed E-state index contributed by atoms with van der Waals surface area (Å²) in [5, 5.41) is 0.554. The molecule has 0 aromatic heterocycles. The summed E-state index contributed by atoms with van der Waals surface area (Å²) in [6, 6.07) is 5.60. The van der Waals surface area contributed by atoms with Crippen LogP contribution in [0.3, 0.4) is 0 Å². The number of likely N-dealkylation sites (tertiary alicyclic amines) is 2. The van der Waals surface area contributed by atoms with Gasteiger partial charge in [-0.15, -0.1) is 0 Å². The number of halogens is 1. The van der Waals surface area contributed by atoms with E-state index in [9.17, 15) is 4.79 Å². The molecular formula is C15H20ClN3O. The number of nitrogens with zero attached hydrogens (tertiary/aromatic N) is 2. The van der Waals surface area contributed by atoms with Crippen LogP contribution in [0.2, 0.25) is 5.02 Å². The highest BCUT2D eigenvalue weighted by molar-refractivity contribution is 6.31. The first-order chi connectivity index (χ1) is 9.65. The second-order valence-electron chi connectivity index (χ2n) is 5.67. The van der Waals surface area contributed by atoms with Gasteiger partial charge in [0, 0.05) is 29.8 Å². The van der Waals surface area contributed by atoms with Gasteiger partial charge in [-0.05, 0) is 50.6 Å². The van der Waals surface area contributed by atoms with Gasteiger partial charge < -0.3 is 10.6 Å². The van der Waals surface area contributed by atoms with E-state index in [1.807, 2.05) is 4.90 Å². The summed E-state index contributed by atoms with van der Waals surface area (Å²) >= 11 is 5.97. The Bertz CT molecular complexity index is 514. The van der Waals surface area contributed by atoms with Gasteiger partial charge in [-0.1, -0.05) is 11.6 Å². The van der Waals surface area contributed by atoms with Crippen LogP contribution in [0, 0.1) is 0 Å². The van der Waals surface area contributed by atoms with Gasteiger partial charge in [-0.25, -0.2) is 0 Å². The van der Waals surface area contributed by atoms with Crippen molar-refractivity contribution in [3.63, 3.8) is 0 Å². The van der Waals surface area contributed by atoms with Crippen LogP contribution in [0.1, 0.15) is 29.6 Å². The first-order valence-electron chi connectivity index (χ1n) is 7.23. The second-order valence-corrected chi connectivity index (χ2v) is 6.10. The highest BCUT2D eigenvalue weighted by Crippen LogP contribution is 2.24. The molecule has 2 heterocycles. The lowest BCUT2D eigenvalue weighted by molar-refractivity contribution is 0.0781. The Balaban J connectivity index is 1.70. The highest BCUT2D eigenvalue weighted by Gasteiger charge is 2.32. The first kappa shape index (κ1) is 13.7. The number of carbonyl (C=O) groups excluding carboxylic acids is 1. The molecule has 1 unspecified atom stereocenters. The minimum atomic E-state index is 0.00620. The van der Waals surface area contributed by atoms with Crippen LogP contribution < -0.4 is 5.73 Å². The van der Waals surface area contributed by atoms with Crippen molar-refractivity contribution in [1.82, 2.24) is 9.80 Å². The van der Waals surface area contributed by atoms with E-state index in [1.54, 1.807) is 18.2 Å². The molecule has 4 nitrogen and oxygen atoms in total. The summed E-state index contributed by atoms with van der Waals surface area (Å²) in [5.74, 6) is 0.00620. The molecular weight excluding hydrogens is 274 g/mol. The van der Waals surface area contributed by atoms with Crippen LogP contribution in [-0.2, 0) is 0 Å². The van der Waals surface area contributed by atoms with Crippen molar-refractivity contribution in [3.8, 4) is 0 Å². The summed E-state index contributed by atoms with van der Waals surface area (Å²) in [6.45, 7) is 3.97. The van der Waals surface area contributed by atoms with E-state index in [4.69, 9.17) is 17.3 Å². The molecule has 1 aromatic rings. The Labute approximate surface area is 124 Å². The van der Waals surface area contributed by atoms with Crippen molar-refractivity contribution in [3.05, 3.63) is 28.8 Å². The SMILES string of the molecule is Nc1ccc(Cl)cc1C(=O)N1CCC(N2CCCC2)C1. The van der Waals surface area contributed by atoms with Crippen molar-refractivity contribution >= 4 is 23.2 Å². The molecule has 1 amide bonds. The van der Waals surface area contributed by atoms with Gasteiger partial charge in [-0.2, -0.15) is 0 Å². The van der Waals surface area contributed by atoms with Gasteiger partial charge >= 0.3 is 0 Å². The summed E-state index contributed by atoms with van der Waals surface area (Å²) < 4.78 is 0. The topological polar surface area (TPSA) is 49.6 Å². The minimum absolute atomic E-state index is 0.00620. The largest absolute Gasteiger partial charge is 0.398 e. The van der Waals surface area contributed by atoms with Gasteiger partial charge in [0.15, 0.2) is 0 Å². The molecule has 2 fully saturated rings. The van der Waals surface area contributed by atoms with Crippen LogP contribution in [0.25, 0.3) is 0 Å².